The molecule has 33 heavy (non-hydrogen) atoms. The van der Waals surface area contributed by atoms with E-state index in [1.54, 1.807) is 0 Å². The Bertz CT molecular complexity index is 1190. The van der Waals surface area contributed by atoms with Crippen LogP contribution in [0.4, 0.5) is 0 Å². The standard InChI is InChI=1S/C26H32N4O3/c1-6-10-32-24-21-13-28-18(12-20(21)22(14-29-24)26(5,27)7-2)11-17-8-9-19-23(30-17)15(3)16(4)33-25(19)31/h8-9,12-16H,6-7,10-11,27H2,1-5H3/t15-,16-,26-/m0/s1. The van der Waals surface area contributed by atoms with Crippen molar-refractivity contribution in [3.63, 3.8) is 0 Å². The Morgan fingerprint density at radius 1 is 1.12 bits per heavy atom. The number of fused-ring (bicyclic) bond motifs is 2. The number of nitrogens with two attached hydrogens (primary N) is 1. The Balaban J connectivity index is 1.75. The van der Waals surface area contributed by atoms with E-state index < -0.39 is 5.54 Å². The first-order valence-electron chi connectivity index (χ1n) is 11.7. The SMILES string of the molecule is CCCOc1ncc([C@@](C)(N)CC)c2cc(Cc3ccc4c(n3)[C@@H](C)[C@H](C)OC4=O)ncc12. The zero-order valence-corrected chi connectivity index (χ0v) is 20.0. The molecule has 0 saturated heterocycles. The fourth-order valence-corrected chi connectivity index (χ4v) is 4.09. The minimum absolute atomic E-state index is 0.0423. The molecular weight excluding hydrogens is 416 g/mol. The molecule has 1 aliphatic rings. The summed E-state index contributed by atoms with van der Waals surface area (Å²) in [6.07, 6.45) is 5.66. The van der Waals surface area contributed by atoms with Crippen molar-refractivity contribution in [1.82, 2.24) is 15.0 Å². The smallest absolute Gasteiger partial charge is 0.340 e. The maximum atomic E-state index is 12.2. The molecule has 7 nitrogen and oxygen atoms in total. The molecule has 0 bridgehead atoms. The molecule has 0 spiro atoms. The van der Waals surface area contributed by atoms with Crippen LogP contribution in [0.3, 0.4) is 0 Å². The van der Waals surface area contributed by atoms with Crippen LogP contribution < -0.4 is 10.5 Å². The van der Waals surface area contributed by atoms with Gasteiger partial charge in [0.2, 0.25) is 5.88 Å². The van der Waals surface area contributed by atoms with Gasteiger partial charge in [0, 0.05) is 41.7 Å². The number of rotatable bonds is 7. The highest BCUT2D eigenvalue weighted by atomic mass is 16.5. The van der Waals surface area contributed by atoms with Gasteiger partial charge in [-0.15, -0.1) is 0 Å². The van der Waals surface area contributed by atoms with Crippen molar-refractivity contribution in [2.24, 2.45) is 5.73 Å². The Morgan fingerprint density at radius 3 is 2.64 bits per heavy atom. The highest BCUT2D eigenvalue weighted by Crippen LogP contribution is 2.34. The van der Waals surface area contributed by atoms with Gasteiger partial charge in [-0.2, -0.15) is 0 Å². The van der Waals surface area contributed by atoms with Gasteiger partial charge in [-0.3, -0.25) is 9.97 Å². The van der Waals surface area contributed by atoms with E-state index in [9.17, 15) is 4.79 Å². The van der Waals surface area contributed by atoms with Crippen LogP contribution in [0.5, 0.6) is 5.88 Å². The van der Waals surface area contributed by atoms with Gasteiger partial charge in [-0.25, -0.2) is 9.78 Å². The molecule has 2 N–H and O–H groups in total. The number of pyridine rings is 3. The van der Waals surface area contributed by atoms with Gasteiger partial charge >= 0.3 is 5.97 Å². The van der Waals surface area contributed by atoms with E-state index in [1.165, 1.54) is 0 Å². The summed E-state index contributed by atoms with van der Waals surface area (Å²) in [5.41, 5.74) is 10.1. The minimum Gasteiger partial charge on any atom is -0.477 e. The Labute approximate surface area is 194 Å². The highest BCUT2D eigenvalue weighted by Gasteiger charge is 2.31. The first-order chi connectivity index (χ1) is 15.7. The fraction of sp³-hybridized carbons (Fsp3) is 0.462. The van der Waals surface area contributed by atoms with E-state index in [-0.39, 0.29) is 18.0 Å². The van der Waals surface area contributed by atoms with Crippen molar-refractivity contribution in [1.29, 1.82) is 0 Å². The predicted molar refractivity (Wildman–Crippen MR) is 127 cm³/mol. The Hall–Kier alpha value is -3.06. The van der Waals surface area contributed by atoms with Crippen molar-refractivity contribution in [2.45, 2.75) is 71.4 Å². The number of esters is 1. The lowest BCUT2D eigenvalue weighted by molar-refractivity contribution is 0.0234. The summed E-state index contributed by atoms with van der Waals surface area (Å²) >= 11 is 0. The average molecular weight is 449 g/mol. The first kappa shape index (κ1) is 23.1. The molecule has 0 unspecified atom stereocenters. The summed E-state index contributed by atoms with van der Waals surface area (Å²) in [5.74, 6) is 0.312. The predicted octanol–water partition coefficient (Wildman–Crippen LogP) is 4.65. The van der Waals surface area contributed by atoms with Gasteiger partial charge < -0.3 is 15.2 Å². The summed E-state index contributed by atoms with van der Waals surface area (Å²) in [4.78, 5) is 26.3. The lowest BCUT2D eigenvalue weighted by Crippen LogP contribution is -2.32. The van der Waals surface area contributed by atoms with Crippen LogP contribution in [0, 0.1) is 0 Å². The topological polar surface area (TPSA) is 100 Å². The van der Waals surface area contributed by atoms with Gasteiger partial charge in [-0.05, 0) is 55.8 Å². The molecule has 0 amide bonds. The van der Waals surface area contributed by atoms with Gasteiger partial charge in [-0.1, -0.05) is 20.8 Å². The summed E-state index contributed by atoms with van der Waals surface area (Å²) in [5, 5.41) is 1.86. The molecule has 7 heteroatoms. The van der Waals surface area contributed by atoms with Gasteiger partial charge in [0.1, 0.15) is 6.10 Å². The Kier molecular flexibility index (Phi) is 6.34. The van der Waals surface area contributed by atoms with Crippen LogP contribution in [0.1, 0.15) is 86.4 Å². The zero-order valence-electron chi connectivity index (χ0n) is 20.0. The van der Waals surface area contributed by atoms with Crippen molar-refractivity contribution in [3.8, 4) is 5.88 Å². The molecule has 4 heterocycles. The monoisotopic (exact) mass is 448 g/mol. The third-order valence-electron chi connectivity index (χ3n) is 6.58. The van der Waals surface area contributed by atoms with Crippen molar-refractivity contribution >= 4 is 16.7 Å². The molecule has 3 aromatic rings. The van der Waals surface area contributed by atoms with Crippen LogP contribution in [-0.2, 0) is 16.7 Å². The van der Waals surface area contributed by atoms with Crippen molar-refractivity contribution in [3.05, 3.63) is 58.8 Å². The number of ether oxygens (including phenoxy) is 2. The van der Waals surface area contributed by atoms with Crippen LogP contribution in [0.2, 0.25) is 0 Å². The lowest BCUT2D eigenvalue weighted by Gasteiger charge is -2.27. The third-order valence-corrected chi connectivity index (χ3v) is 6.58. The third kappa shape index (κ3) is 4.42. The van der Waals surface area contributed by atoms with Crippen molar-refractivity contribution in [2.75, 3.05) is 6.61 Å². The second-order valence-electron chi connectivity index (χ2n) is 9.13. The number of nitrogens with zero attached hydrogens (tertiary/aromatic N) is 3. The molecule has 1 aliphatic heterocycles. The molecule has 4 rings (SSSR count). The van der Waals surface area contributed by atoms with E-state index in [0.29, 0.717) is 24.5 Å². The summed E-state index contributed by atoms with van der Waals surface area (Å²) in [7, 11) is 0. The summed E-state index contributed by atoms with van der Waals surface area (Å²) in [6, 6.07) is 5.74. The molecule has 3 atom stereocenters. The number of aromatic nitrogens is 3. The van der Waals surface area contributed by atoms with Crippen LogP contribution >= 0.6 is 0 Å². The molecular formula is C26H32N4O3. The summed E-state index contributed by atoms with van der Waals surface area (Å²) in [6.45, 7) is 10.7. The van der Waals surface area contributed by atoms with E-state index in [2.05, 4.69) is 29.9 Å². The fourth-order valence-electron chi connectivity index (χ4n) is 4.09. The molecule has 3 aromatic heterocycles. The largest absolute Gasteiger partial charge is 0.477 e. The molecule has 174 valence electrons. The zero-order chi connectivity index (χ0) is 23.8. The normalized spacial score (nSPS) is 19.6. The van der Waals surface area contributed by atoms with E-state index in [1.807, 2.05) is 45.3 Å². The van der Waals surface area contributed by atoms with Crippen molar-refractivity contribution < 1.29 is 14.3 Å². The molecule has 0 radical (unpaired) electrons. The van der Waals surface area contributed by atoms with E-state index in [0.717, 1.165) is 46.3 Å². The molecule has 0 aliphatic carbocycles. The quantitative estimate of drug-likeness (QED) is 0.525. The lowest BCUT2D eigenvalue weighted by atomic mass is 9.88. The van der Waals surface area contributed by atoms with E-state index in [4.69, 9.17) is 20.2 Å². The maximum absolute atomic E-state index is 12.2. The first-order valence-corrected chi connectivity index (χ1v) is 11.7. The number of cyclic esters (lactones) is 1. The van der Waals surface area contributed by atoms with Gasteiger partial charge in [0.15, 0.2) is 0 Å². The molecule has 0 saturated carbocycles. The van der Waals surface area contributed by atoms with Crippen LogP contribution in [0.15, 0.2) is 30.6 Å². The number of hydrogen-bond acceptors (Lipinski definition) is 7. The average Bonchev–Trinajstić information content (AvgIpc) is 2.80. The number of carbonyl (C=O) groups is 1. The van der Waals surface area contributed by atoms with Crippen LogP contribution in [-0.4, -0.2) is 33.6 Å². The second kappa shape index (κ2) is 9.06. The molecule has 0 aromatic carbocycles. The number of hydrogen-bond donors (Lipinski definition) is 1. The van der Waals surface area contributed by atoms with Crippen LogP contribution in [0.25, 0.3) is 10.8 Å². The maximum Gasteiger partial charge on any atom is 0.340 e. The number of carbonyl (C=O) groups excluding carboxylic acids is 1. The van der Waals surface area contributed by atoms with Gasteiger partial charge in [0.25, 0.3) is 0 Å². The van der Waals surface area contributed by atoms with E-state index >= 15 is 0 Å². The summed E-state index contributed by atoms with van der Waals surface area (Å²) < 4.78 is 11.3. The minimum atomic E-state index is -0.525. The van der Waals surface area contributed by atoms with Gasteiger partial charge in [0.05, 0.1) is 23.3 Å². The molecule has 0 fully saturated rings. The Morgan fingerprint density at radius 2 is 1.91 bits per heavy atom. The highest BCUT2D eigenvalue weighted by molar-refractivity contribution is 5.92. The second-order valence-corrected chi connectivity index (χ2v) is 9.13.